The molecule has 1 aliphatic heterocycles. The fraction of sp³-hybridized carbons (Fsp3) is 0.520. The largest absolute Gasteiger partial charge is 0.379 e. The topological polar surface area (TPSA) is 34.0 Å². The molecule has 0 bridgehead atoms. The van der Waals surface area contributed by atoms with Gasteiger partial charge in [0.05, 0.1) is 12.2 Å². The average Bonchev–Trinajstić information content (AvgIpc) is 3.52. The van der Waals surface area contributed by atoms with Crippen LogP contribution in [0.2, 0.25) is 0 Å². The van der Waals surface area contributed by atoms with Gasteiger partial charge in [0.1, 0.15) is 0 Å². The number of nitrogens with one attached hydrogen (secondary N) is 2. The van der Waals surface area contributed by atoms with E-state index < -0.39 is 5.92 Å². The van der Waals surface area contributed by atoms with E-state index in [1.807, 2.05) is 12.4 Å². The van der Waals surface area contributed by atoms with E-state index in [-0.39, 0.29) is 18.8 Å². The van der Waals surface area contributed by atoms with Crippen LogP contribution in [0.4, 0.5) is 8.78 Å². The summed E-state index contributed by atoms with van der Waals surface area (Å²) in [5.74, 6) is 0.848. The Morgan fingerprint density at radius 1 is 1.34 bits per heavy atom. The first-order valence-electron chi connectivity index (χ1n) is 10.5. The van der Waals surface area contributed by atoms with Crippen LogP contribution in [-0.2, 0) is 0 Å². The maximum absolute atomic E-state index is 13.8. The second-order valence-electron chi connectivity index (χ2n) is 8.65. The SMILES string of the molecule is C#CCN\C=C(C1=CN1)/C(C)=C(/C=C(\C)C1=C(C)C(C)C1)C1CCC(F)(F)CC1. The van der Waals surface area contributed by atoms with Crippen LogP contribution in [0.1, 0.15) is 59.8 Å². The quantitative estimate of drug-likeness (QED) is 0.314. The Balaban J connectivity index is 1.98. The zero-order valence-electron chi connectivity index (χ0n) is 18.0. The highest BCUT2D eigenvalue weighted by molar-refractivity contribution is 5.56. The first-order valence-corrected chi connectivity index (χ1v) is 10.5. The summed E-state index contributed by atoms with van der Waals surface area (Å²) >= 11 is 0. The standard InChI is InChI=1S/C25H32F2N2/c1-6-11-28-14-23(24-15-29-24)19(5)22(20-7-9-25(26,27)10-8-20)13-17(3)21-12-16(2)18(21)4/h1,13-16,20,28-29H,7-12H2,2-5H3/b17-13+,22-19-,23-14+. The van der Waals surface area contributed by atoms with Gasteiger partial charge in [0.2, 0.25) is 5.92 Å². The maximum atomic E-state index is 13.8. The lowest BCUT2D eigenvalue weighted by Crippen LogP contribution is -2.26. The highest BCUT2D eigenvalue weighted by Crippen LogP contribution is 2.44. The highest BCUT2D eigenvalue weighted by Gasteiger charge is 2.36. The van der Waals surface area contributed by atoms with Gasteiger partial charge in [-0.2, -0.15) is 0 Å². The lowest BCUT2D eigenvalue weighted by molar-refractivity contribution is -0.0418. The third-order valence-corrected chi connectivity index (χ3v) is 6.60. The molecule has 0 aromatic rings. The van der Waals surface area contributed by atoms with Crippen LogP contribution in [0.3, 0.4) is 0 Å². The molecule has 1 atom stereocenters. The number of halogens is 2. The zero-order chi connectivity index (χ0) is 21.2. The minimum atomic E-state index is -2.52. The smallest absolute Gasteiger partial charge is 0.248 e. The lowest BCUT2D eigenvalue weighted by atomic mass is 9.74. The van der Waals surface area contributed by atoms with Crippen LogP contribution in [0.15, 0.2) is 57.6 Å². The van der Waals surface area contributed by atoms with Crippen molar-refractivity contribution in [2.24, 2.45) is 11.8 Å². The van der Waals surface area contributed by atoms with Crippen LogP contribution in [0, 0.1) is 24.2 Å². The van der Waals surface area contributed by atoms with Crippen molar-refractivity contribution in [3.8, 4) is 12.3 Å². The maximum Gasteiger partial charge on any atom is 0.248 e. The summed E-state index contributed by atoms with van der Waals surface area (Å²) in [5, 5.41) is 6.33. The predicted octanol–water partition coefficient (Wildman–Crippen LogP) is 5.98. The van der Waals surface area contributed by atoms with Crippen molar-refractivity contribution in [3.05, 3.63) is 57.6 Å². The van der Waals surface area contributed by atoms with Crippen LogP contribution >= 0.6 is 0 Å². The minimum absolute atomic E-state index is 0.0323. The second-order valence-corrected chi connectivity index (χ2v) is 8.65. The number of terminal acetylenes is 1. The number of rotatable bonds is 7. The molecule has 29 heavy (non-hydrogen) atoms. The third kappa shape index (κ3) is 5.01. The van der Waals surface area contributed by atoms with Crippen molar-refractivity contribution in [1.82, 2.24) is 10.6 Å². The van der Waals surface area contributed by atoms with E-state index in [9.17, 15) is 8.78 Å². The molecule has 3 aliphatic rings. The van der Waals surface area contributed by atoms with E-state index in [4.69, 9.17) is 6.42 Å². The van der Waals surface area contributed by atoms with Crippen LogP contribution < -0.4 is 10.6 Å². The Kier molecular flexibility index (Phi) is 6.36. The first kappa shape index (κ1) is 21.4. The van der Waals surface area contributed by atoms with Gasteiger partial charge in [0.15, 0.2) is 0 Å². The van der Waals surface area contributed by atoms with Gasteiger partial charge >= 0.3 is 0 Å². The zero-order valence-corrected chi connectivity index (χ0v) is 18.0. The third-order valence-electron chi connectivity index (χ3n) is 6.60. The molecule has 0 radical (unpaired) electrons. The van der Waals surface area contributed by atoms with E-state index in [1.165, 1.54) is 22.3 Å². The monoisotopic (exact) mass is 398 g/mol. The van der Waals surface area contributed by atoms with E-state index in [1.54, 1.807) is 0 Å². The molecule has 0 amide bonds. The number of hydrogen-bond acceptors (Lipinski definition) is 2. The molecule has 1 fully saturated rings. The van der Waals surface area contributed by atoms with Gasteiger partial charge in [-0.1, -0.05) is 24.5 Å². The molecule has 2 nitrogen and oxygen atoms in total. The van der Waals surface area contributed by atoms with Crippen LogP contribution in [-0.4, -0.2) is 12.5 Å². The molecule has 1 unspecified atom stereocenters. The van der Waals surface area contributed by atoms with E-state index in [2.05, 4.69) is 50.3 Å². The van der Waals surface area contributed by atoms with Crippen LogP contribution in [0.5, 0.6) is 0 Å². The van der Waals surface area contributed by atoms with Crippen molar-refractivity contribution in [3.63, 3.8) is 0 Å². The Bertz CT molecular complexity index is 852. The van der Waals surface area contributed by atoms with Crippen molar-refractivity contribution < 1.29 is 8.78 Å². The Morgan fingerprint density at radius 2 is 2.00 bits per heavy atom. The molecule has 0 aromatic heterocycles. The molecule has 4 heteroatoms. The molecule has 1 heterocycles. The van der Waals surface area contributed by atoms with E-state index in [0.717, 1.165) is 23.3 Å². The van der Waals surface area contributed by atoms with Crippen molar-refractivity contribution in [2.75, 3.05) is 6.54 Å². The predicted molar refractivity (Wildman–Crippen MR) is 116 cm³/mol. The summed E-state index contributed by atoms with van der Waals surface area (Å²) in [7, 11) is 0. The fourth-order valence-corrected chi connectivity index (χ4v) is 4.41. The van der Waals surface area contributed by atoms with Crippen LogP contribution in [0.25, 0.3) is 0 Å². The summed E-state index contributed by atoms with van der Waals surface area (Å²) < 4.78 is 27.6. The second kappa shape index (κ2) is 8.61. The summed E-state index contributed by atoms with van der Waals surface area (Å²) in [6.07, 6.45) is 13.6. The van der Waals surface area contributed by atoms with Crippen molar-refractivity contribution in [1.29, 1.82) is 0 Å². The summed E-state index contributed by atoms with van der Waals surface area (Å²) in [5.41, 5.74) is 8.56. The van der Waals surface area contributed by atoms with Crippen molar-refractivity contribution >= 4 is 0 Å². The molecule has 0 aromatic carbocycles. The molecule has 156 valence electrons. The first-order chi connectivity index (χ1) is 13.7. The van der Waals surface area contributed by atoms with E-state index >= 15 is 0 Å². The van der Waals surface area contributed by atoms with Gasteiger partial charge in [-0.15, -0.1) is 6.42 Å². The summed E-state index contributed by atoms with van der Waals surface area (Å²) in [6, 6.07) is 0. The molecule has 2 N–H and O–H groups in total. The molecular weight excluding hydrogens is 366 g/mol. The van der Waals surface area contributed by atoms with Crippen molar-refractivity contribution in [2.45, 2.75) is 65.7 Å². The highest BCUT2D eigenvalue weighted by atomic mass is 19.3. The Labute approximate surface area is 173 Å². The molecule has 0 spiro atoms. The molecular formula is C25H32F2N2. The molecule has 0 saturated heterocycles. The number of hydrogen-bond donors (Lipinski definition) is 2. The van der Waals surface area contributed by atoms with Gasteiger partial charge < -0.3 is 10.6 Å². The van der Waals surface area contributed by atoms with Gasteiger partial charge in [0.25, 0.3) is 0 Å². The molecule has 2 aliphatic carbocycles. The average molecular weight is 399 g/mol. The lowest BCUT2D eigenvalue weighted by Gasteiger charge is -2.32. The molecule has 3 rings (SSSR count). The van der Waals surface area contributed by atoms with Gasteiger partial charge in [-0.25, -0.2) is 8.78 Å². The summed E-state index contributed by atoms with van der Waals surface area (Å²) in [6.45, 7) is 9.16. The Morgan fingerprint density at radius 3 is 2.52 bits per heavy atom. The Hall–Kier alpha value is -2.28. The van der Waals surface area contributed by atoms with Gasteiger partial charge in [-0.3, -0.25) is 0 Å². The summed E-state index contributed by atoms with van der Waals surface area (Å²) in [4.78, 5) is 0. The number of allylic oxidation sites excluding steroid dienone is 6. The normalized spacial score (nSPS) is 25.4. The number of alkyl halides is 2. The van der Waals surface area contributed by atoms with Gasteiger partial charge in [0, 0.05) is 30.8 Å². The fourth-order valence-electron chi connectivity index (χ4n) is 4.41. The minimum Gasteiger partial charge on any atom is -0.379 e. The van der Waals surface area contributed by atoms with Gasteiger partial charge in [-0.05, 0) is 74.2 Å². The van der Waals surface area contributed by atoms with E-state index in [0.29, 0.717) is 25.3 Å². The molecule has 1 saturated carbocycles.